The van der Waals surface area contributed by atoms with Gasteiger partial charge in [-0.3, -0.25) is 0 Å². The third-order valence-electron chi connectivity index (χ3n) is 0. The first-order valence-corrected chi connectivity index (χ1v) is 0. The molecule has 0 rings (SSSR count). The molecule has 0 heterocycles. The van der Waals surface area contributed by atoms with Crippen LogP contribution in [0.3, 0.4) is 0 Å². The molecule has 0 bridgehead atoms. The summed E-state index contributed by atoms with van der Waals surface area (Å²) >= 11 is 0. The zero-order valence-electron chi connectivity index (χ0n) is 2.49. The van der Waals surface area contributed by atoms with Crippen LogP contribution < -0.4 is 0 Å². The average molecular weight is 127 g/mol. The molecule has 0 aliphatic carbocycles. The summed E-state index contributed by atoms with van der Waals surface area (Å²) in [4.78, 5) is 0. The Kier molecular flexibility index (Phi) is 68200. The van der Waals surface area contributed by atoms with Gasteiger partial charge in [0, 0.05) is 0 Å². The van der Waals surface area contributed by atoms with Crippen molar-refractivity contribution in [3.8, 4) is 0 Å². The van der Waals surface area contributed by atoms with Gasteiger partial charge in [-0.2, -0.15) is 0 Å². The molecule has 0 aromatic carbocycles. The summed E-state index contributed by atoms with van der Waals surface area (Å²) in [5, 5.41) is 0. The second kappa shape index (κ2) is 405. The molecular formula is H8CoN2O2. The third kappa shape index (κ3) is 199. The zero-order valence-corrected chi connectivity index (χ0v) is 3.53. The number of hydrogen-bond acceptors (Lipinski definition) is 0. The molecule has 0 amide bonds. The van der Waals surface area contributed by atoms with Crippen molar-refractivity contribution in [2.45, 2.75) is 0 Å². The molecule has 5 heteroatoms. The molecule has 0 aromatic heterocycles. The largest absolute Gasteiger partial charge is 2.00 e. The van der Waals surface area contributed by atoms with Crippen LogP contribution in [-0.4, -0.2) is 11.0 Å². The second-order valence-corrected chi connectivity index (χ2v) is 0. The van der Waals surface area contributed by atoms with Crippen LogP contribution in [0.1, 0.15) is 0 Å². The Morgan fingerprint density at radius 2 is 0.600 bits per heavy atom. The van der Waals surface area contributed by atoms with Crippen LogP contribution >= 0.6 is 0 Å². The van der Waals surface area contributed by atoms with Gasteiger partial charge in [0.1, 0.15) is 0 Å². The van der Waals surface area contributed by atoms with Crippen molar-refractivity contribution >= 4 is 0 Å². The van der Waals surface area contributed by atoms with E-state index in [4.69, 9.17) is 0 Å². The molecule has 0 spiro atoms. The van der Waals surface area contributed by atoms with Crippen LogP contribution in [0, 0.1) is 0 Å². The zero-order chi connectivity index (χ0) is 0. The topological polar surface area (TPSA) is 130 Å². The predicted molar refractivity (Wildman–Crippen MR) is 17.8 cm³/mol. The van der Waals surface area contributed by atoms with Crippen LogP contribution in [0.4, 0.5) is 0 Å². The Labute approximate surface area is 40.9 Å². The predicted octanol–water partition coefficient (Wildman–Crippen LogP) is -0.218. The van der Waals surface area contributed by atoms with Gasteiger partial charge in [-0.25, -0.2) is 0 Å². The van der Waals surface area contributed by atoms with E-state index in [9.17, 15) is 0 Å². The van der Waals surface area contributed by atoms with Crippen molar-refractivity contribution in [3.63, 3.8) is 0 Å². The summed E-state index contributed by atoms with van der Waals surface area (Å²) in [7, 11) is 0. The fourth-order valence-electron chi connectivity index (χ4n) is 0. The molecule has 4 nitrogen and oxygen atoms in total. The Hall–Kier alpha value is 0.346. The van der Waals surface area contributed by atoms with E-state index in [-0.39, 0.29) is 40.0 Å². The van der Waals surface area contributed by atoms with Crippen molar-refractivity contribution in [3.05, 3.63) is 12.3 Å². The van der Waals surface area contributed by atoms with Gasteiger partial charge in [0.15, 0.2) is 0 Å². The third-order valence-corrected chi connectivity index (χ3v) is 0. The van der Waals surface area contributed by atoms with Gasteiger partial charge in [0.25, 0.3) is 0 Å². The molecule has 39 valence electrons. The van der Waals surface area contributed by atoms with Gasteiger partial charge >= 0.3 is 16.8 Å². The Morgan fingerprint density at radius 1 is 0.600 bits per heavy atom. The fourth-order valence-corrected chi connectivity index (χ4v) is 0. The minimum atomic E-state index is 0. The number of rotatable bonds is 0. The summed E-state index contributed by atoms with van der Waals surface area (Å²) < 4.78 is 0. The van der Waals surface area contributed by atoms with Crippen molar-refractivity contribution < 1.29 is 27.7 Å². The van der Waals surface area contributed by atoms with Crippen molar-refractivity contribution in [1.29, 1.82) is 0 Å². The maximum atomic E-state index is 0. The maximum absolute atomic E-state index is 0. The smallest absolute Gasteiger partial charge is 0.693 e. The monoisotopic (exact) mass is 127 g/mol. The summed E-state index contributed by atoms with van der Waals surface area (Å²) in [5.41, 5.74) is 0. The molecule has 0 aliphatic rings. The Morgan fingerprint density at radius 3 is 0.600 bits per heavy atom. The van der Waals surface area contributed by atoms with Crippen LogP contribution in [0.5, 0.6) is 0 Å². The normalized spacial score (nSPS) is 0. The Bertz CT molecular complexity index is 7.61. The standard InChI is InChI=1S/Co.2H2N.2H2O/h;4*1H2/q+2;2*-1;;. The van der Waals surface area contributed by atoms with Gasteiger partial charge in [-0.15, -0.1) is 0 Å². The molecule has 0 saturated heterocycles. The molecule has 0 aliphatic heterocycles. The first-order valence-electron chi connectivity index (χ1n) is 0. The summed E-state index contributed by atoms with van der Waals surface area (Å²) in [6.45, 7) is 0. The second-order valence-electron chi connectivity index (χ2n) is 0. The first-order chi connectivity index (χ1) is 0. The van der Waals surface area contributed by atoms with Crippen LogP contribution in [0.25, 0.3) is 12.3 Å². The fraction of sp³-hybridized carbons (Fsp3) is 0. The van der Waals surface area contributed by atoms with Crippen molar-refractivity contribution in [2.75, 3.05) is 0 Å². The quantitative estimate of drug-likeness (QED) is 0.425. The van der Waals surface area contributed by atoms with Gasteiger partial charge in [-0.05, 0) is 0 Å². The van der Waals surface area contributed by atoms with E-state index in [1.165, 1.54) is 0 Å². The number of hydrogen-bond donors (Lipinski definition) is 0. The molecule has 0 fully saturated rings. The molecule has 8 N–H and O–H groups in total. The minimum absolute atomic E-state index is 0. The molecule has 0 saturated carbocycles. The SMILES string of the molecule is O.O.[Co+2].[NH2-].[NH2-]. The number of nitrogens with two attached hydrogens (primary N) is 2. The van der Waals surface area contributed by atoms with Crippen LogP contribution in [-0.2, 0) is 16.8 Å². The molecule has 0 unspecified atom stereocenters. The van der Waals surface area contributed by atoms with Crippen molar-refractivity contribution in [1.82, 2.24) is 0 Å². The van der Waals surface area contributed by atoms with Gasteiger partial charge in [0.2, 0.25) is 0 Å². The molecule has 5 heavy (non-hydrogen) atoms. The van der Waals surface area contributed by atoms with E-state index in [0.717, 1.165) is 0 Å². The van der Waals surface area contributed by atoms with E-state index in [1.54, 1.807) is 0 Å². The van der Waals surface area contributed by atoms with E-state index in [2.05, 4.69) is 0 Å². The molecule has 0 atom stereocenters. The molecular weight excluding hydrogens is 119 g/mol. The summed E-state index contributed by atoms with van der Waals surface area (Å²) in [6.07, 6.45) is 0. The van der Waals surface area contributed by atoms with Gasteiger partial charge < -0.3 is 23.3 Å². The summed E-state index contributed by atoms with van der Waals surface area (Å²) in [6, 6.07) is 0. The van der Waals surface area contributed by atoms with E-state index in [0.29, 0.717) is 0 Å². The van der Waals surface area contributed by atoms with Crippen LogP contribution in [0.15, 0.2) is 0 Å². The average Bonchev–Trinajstić information content (AvgIpc) is 0. The van der Waals surface area contributed by atoms with Crippen molar-refractivity contribution in [2.24, 2.45) is 0 Å². The van der Waals surface area contributed by atoms with Gasteiger partial charge in [0.05, 0.1) is 0 Å². The van der Waals surface area contributed by atoms with E-state index < -0.39 is 0 Å². The van der Waals surface area contributed by atoms with E-state index >= 15 is 0 Å². The minimum Gasteiger partial charge on any atom is -0.693 e. The Balaban J connectivity index is 0. The van der Waals surface area contributed by atoms with Gasteiger partial charge in [-0.1, -0.05) is 0 Å². The molecule has 0 aromatic rings. The van der Waals surface area contributed by atoms with E-state index in [1.807, 2.05) is 0 Å². The molecule has 1 radical (unpaired) electrons. The van der Waals surface area contributed by atoms with Crippen LogP contribution in [0.2, 0.25) is 0 Å². The maximum Gasteiger partial charge on any atom is 2.00 e. The first kappa shape index (κ1) is 841. The summed E-state index contributed by atoms with van der Waals surface area (Å²) in [5.74, 6) is 0.